The zero-order valence-corrected chi connectivity index (χ0v) is 19.6. The molecule has 0 unspecified atom stereocenters. The zero-order valence-electron chi connectivity index (χ0n) is 19.6. The van der Waals surface area contributed by atoms with E-state index in [0.717, 1.165) is 44.6 Å². The van der Waals surface area contributed by atoms with Crippen molar-refractivity contribution in [2.45, 2.75) is 20.3 Å². The van der Waals surface area contributed by atoms with Crippen LogP contribution in [0.2, 0.25) is 0 Å². The highest BCUT2D eigenvalue weighted by Crippen LogP contribution is 2.35. The van der Waals surface area contributed by atoms with Gasteiger partial charge in [0.15, 0.2) is 5.65 Å². The normalized spacial score (nSPS) is 11.2. The van der Waals surface area contributed by atoms with Crippen LogP contribution in [0.3, 0.4) is 0 Å². The Morgan fingerprint density at radius 3 is 2.60 bits per heavy atom. The molecule has 0 radical (unpaired) electrons. The van der Waals surface area contributed by atoms with Crippen LogP contribution in [0.15, 0.2) is 85.1 Å². The molecule has 1 N–H and O–H groups in total. The molecule has 6 aromatic rings. The molecule has 3 aromatic carbocycles. The molecule has 0 saturated heterocycles. The standard InChI is InChI=1S/C30H23N5/c1-19-8-3-4-9-21(19)17-24-20(2)25(18-31)30-34-27-11-5-6-12-28(27)35(30)29(24)33-23-13-14-26-22(16-23)10-7-15-32-26/h3-16,33H,17H2,1-2H3. The number of benzene rings is 3. The Hall–Kier alpha value is -4.69. The lowest BCUT2D eigenvalue weighted by molar-refractivity contribution is 1.07. The molecule has 0 atom stereocenters. The van der Waals surface area contributed by atoms with E-state index in [2.05, 4.69) is 70.2 Å². The topological polar surface area (TPSA) is 66.0 Å². The lowest BCUT2D eigenvalue weighted by Gasteiger charge is -2.20. The van der Waals surface area contributed by atoms with E-state index in [4.69, 9.17) is 4.98 Å². The summed E-state index contributed by atoms with van der Waals surface area (Å²) in [5.74, 6) is 0.927. The molecule has 0 aliphatic carbocycles. The molecular formula is C30H23N5. The zero-order chi connectivity index (χ0) is 23.9. The van der Waals surface area contributed by atoms with Crippen LogP contribution >= 0.6 is 0 Å². The molecule has 5 heteroatoms. The first-order valence-electron chi connectivity index (χ1n) is 11.6. The van der Waals surface area contributed by atoms with Crippen LogP contribution in [0.25, 0.3) is 27.6 Å². The summed E-state index contributed by atoms with van der Waals surface area (Å²) < 4.78 is 2.10. The van der Waals surface area contributed by atoms with Crippen LogP contribution in [0.5, 0.6) is 0 Å². The maximum Gasteiger partial charge on any atom is 0.157 e. The largest absolute Gasteiger partial charge is 0.341 e. The highest BCUT2D eigenvalue weighted by molar-refractivity contribution is 5.88. The Labute approximate surface area is 203 Å². The van der Waals surface area contributed by atoms with Gasteiger partial charge >= 0.3 is 0 Å². The van der Waals surface area contributed by atoms with E-state index in [9.17, 15) is 5.26 Å². The van der Waals surface area contributed by atoms with Crippen molar-refractivity contribution < 1.29 is 0 Å². The Morgan fingerprint density at radius 1 is 0.914 bits per heavy atom. The predicted octanol–water partition coefficient (Wildman–Crippen LogP) is 6.86. The smallest absolute Gasteiger partial charge is 0.157 e. The summed E-state index contributed by atoms with van der Waals surface area (Å²) in [7, 11) is 0. The van der Waals surface area contributed by atoms with Gasteiger partial charge in [-0.15, -0.1) is 0 Å². The van der Waals surface area contributed by atoms with Crippen LogP contribution in [0.4, 0.5) is 11.5 Å². The van der Waals surface area contributed by atoms with Crippen molar-refractivity contribution in [3.05, 3.63) is 113 Å². The van der Waals surface area contributed by atoms with Crippen molar-refractivity contribution in [2.75, 3.05) is 5.32 Å². The lowest BCUT2D eigenvalue weighted by atomic mass is 9.95. The molecular weight excluding hydrogens is 430 g/mol. The molecule has 0 aliphatic heterocycles. The quantitative estimate of drug-likeness (QED) is 0.317. The van der Waals surface area contributed by atoms with E-state index in [1.807, 2.05) is 43.3 Å². The summed E-state index contributed by atoms with van der Waals surface area (Å²) in [6.07, 6.45) is 2.51. The average molecular weight is 454 g/mol. The van der Waals surface area contributed by atoms with Gasteiger partial charge in [0, 0.05) is 29.3 Å². The van der Waals surface area contributed by atoms with Crippen molar-refractivity contribution in [3.8, 4) is 6.07 Å². The molecule has 0 saturated carbocycles. The van der Waals surface area contributed by atoms with E-state index in [1.54, 1.807) is 6.20 Å². The number of aryl methyl sites for hydroxylation is 1. The molecule has 3 heterocycles. The van der Waals surface area contributed by atoms with Gasteiger partial charge < -0.3 is 5.32 Å². The van der Waals surface area contributed by atoms with Gasteiger partial charge in [0.05, 0.1) is 22.1 Å². The number of rotatable bonds is 4. The summed E-state index contributed by atoms with van der Waals surface area (Å²) in [4.78, 5) is 9.31. The molecule has 0 bridgehead atoms. The summed E-state index contributed by atoms with van der Waals surface area (Å²) in [5, 5.41) is 14.9. The molecule has 168 valence electrons. The van der Waals surface area contributed by atoms with Crippen molar-refractivity contribution in [2.24, 2.45) is 0 Å². The van der Waals surface area contributed by atoms with E-state index in [-0.39, 0.29) is 0 Å². The SMILES string of the molecule is Cc1ccccc1Cc1c(C)c(C#N)c2nc3ccccc3n2c1Nc1ccc2ncccc2c1. The van der Waals surface area contributed by atoms with E-state index in [0.29, 0.717) is 17.6 Å². The minimum atomic E-state index is 0.609. The predicted molar refractivity (Wildman–Crippen MR) is 141 cm³/mol. The van der Waals surface area contributed by atoms with Gasteiger partial charge in [-0.3, -0.25) is 9.38 Å². The highest BCUT2D eigenvalue weighted by atomic mass is 15.1. The van der Waals surface area contributed by atoms with Gasteiger partial charge in [-0.05, 0) is 66.9 Å². The van der Waals surface area contributed by atoms with E-state index in [1.165, 1.54) is 11.1 Å². The van der Waals surface area contributed by atoms with Crippen LogP contribution in [-0.2, 0) is 6.42 Å². The average Bonchev–Trinajstić information content (AvgIpc) is 3.26. The van der Waals surface area contributed by atoms with Crippen LogP contribution in [-0.4, -0.2) is 14.4 Å². The fraction of sp³-hybridized carbons (Fsp3) is 0.100. The first kappa shape index (κ1) is 20.9. The summed E-state index contributed by atoms with van der Waals surface area (Å²) >= 11 is 0. The minimum absolute atomic E-state index is 0.609. The number of nitriles is 1. The number of hydrogen-bond acceptors (Lipinski definition) is 4. The molecule has 35 heavy (non-hydrogen) atoms. The third-order valence-electron chi connectivity index (χ3n) is 6.73. The Balaban J connectivity index is 1.65. The van der Waals surface area contributed by atoms with Crippen molar-refractivity contribution >= 4 is 39.1 Å². The number of fused-ring (bicyclic) bond motifs is 4. The Bertz CT molecular complexity index is 1790. The number of para-hydroxylation sites is 2. The summed E-state index contributed by atoms with van der Waals surface area (Å²) in [5.41, 5.74) is 9.51. The van der Waals surface area contributed by atoms with Crippen molar-refractivity contribution in [3.63, 3.8) is 0 Å². The van der Waals surface area contributed by atoms with Crippen molar-refractivity contribution in [1.82, 2.24) is 14.4 Å². The number of nitrogens with one attached hydrogen (secondary N) is 1. The maximum atomic E-state index is 10.2. The second-order valence-electron chi connectivity index (χ2n) is 8.84. The highest BCUT2D eigenvalue weighted by Gasteiger charge is 2.21. The number of imidazole rings is 1. The Kier molecular flexibility index (Phi) is 4.93. The second kappa shape index (κ2) is 8.27. The first-order valence-corrected chi connectivity index (χ1v) is 11.6. The van der Waals surface area contributed by atoms with E-state index < -0.39 is 0 Å². The van der Waals surface area contributed by atoms with Gasteiger partial charge in [0.2, 0.25) is 0 Å². The number of hydrogen-bond donors (Lipinski definition) is 1. The van der Waals surface area contributed by atoms with Gasteiger partial charge in [-0.2, -0.15) is 5.26 Å². The third kappa shape index (κ3) is 3.48. The van der Waals surface area contributed by atoms with Crippen molar-refractivity contribution in [1.29, 1.82) is 5.26 Å². The maximum absolute atomic E-state index is 10.2. The molecule has 5 nitrogen and oxygen atoms in total. The molecule has 3 aromatic heterocycles. The number of nitrogens with zero attached hydrogens (tertiary/aromatic N) is 4. The first-order chi connectivity index (χ1) is 17.1. The second-order valence-corrected chi connectivity index (χ2v) is 8.84. The number of pyridine rings is 2. The van der Waals surface area contributed by atoms with Crippen LogP contribution < -0.4 is 5.32 Å². The molecule has 0 aliphatic rings. The minimum Gasteiger partial charge on any atom is -0.341 e. The van der Waals surface area contributed by atoms with Gasteiger partial charge in [0.1, 0.15) is 11.9 Å². The monoisotopic (exact) mass is 453 g/mol. The van der Waals surface area contributed by atoms with Gasteiger partial charge in [-0.25, -0.2) is 4.98 Å². The number of anilines is 2. The van der Waals surface area contributed by atoms with E-state index >= 15 is 0 Å². The summed E-state index contributed by atoms with van der Waals surface area (Å²) in [6.45, 7) is 4.16. The Morgan fingerprint density at radius 2 is 1.74 bits per heavy atom. The van der Waals surface area contributed by atoms with Crippen LogP contribution in [0, 0.1) is 25.2 Å². The lowest BCUT2D eigenvalue weighted by Crippen LogP contribution is -2.09. The molecule has 0 fully saturated rings. The number of aromatic nitrogens is 3. The third-order valence-corrected chi connectivity index (χ3v) is 6.73. The molecule has 0 amide bonds. The fourth-order valence-corrected chi connectivity index (χ4v) is 4.82. The fourth-order valence-electron chi connectivity index (χ4n) is 4.82. The van der Waals surface area contributed by atoms with Gasteiger partial charge in [0.25, 0.3) is 0 Å². The molecule has 0 spiro atoms. The van der Waals surface area contributed by atoms with Crippen LogP contribution in [0.1, 0.15) is 27.8 Å². The van der Waals surface area contributed by atoms with Gasteiger partial charge in [-0.1, -0.05) is 42.5 Å². The summed E-state index contributed by atoms with van der Waals surface area (Å²) in [6, 6.07) is 29.1. The molecule has 6 rings (SSSR count).